The first-order valence-electron chi connectivity index (χ1n) is 5.02. The summed E-state index contributed by atoms with van der Waals surface area (Å²) in [6, 6.07) is 9.58. The maximum Gasteiger partial charge on any atom is 0.173 e. The topological polar surface area (TPSA) is 30.0 Å². The molecule has 0 spiro atoms. The first kappa shape index (κ1) is 11.9. The van der Waals surface area contributed by atoms with Gasteiger partial charge in [-0.05, 0) is 24.3 Å². The van der Waals surface area contributed by atoms with Crippen LogP contribution >= 0.6 is 15.9 Å². The van der Waals surface area contributed by atoms with Crippen LogP contribution < -0.4 is 0 Å². The highest BCUT2D eigenvalue weighted by molar-refractivity contribution is 9.09. The van der Waals surface area contributed by atoms with E-state index in [1.807, 2.05) is 0 Å². The summed E-state index contributed by atoms with van der Waals surface area (Å²) in [6.07, 6.45) is 1.51. The molecule has 0 unspecified atom stereocenters. The Hall–Kier alpha value is -1.55. The fourth-order valence-corrected chi connectivity index (χ4v) is 1.82. The van der Waals surface area contributed by atoms with Gasteiger partial charge in [0.25, 0.3) is 0 Å². The molecule has 1 heterocycles. The number of benzene rings is 1. The number of ketones is 1. The van der Waals surface area contributed by atoms with Crippen LogP contribution in [0.1, 0.15) is 10.4 Å². The van der Waals surface area contributed by atoms with Crippen LogP contribution in [0.2, 0.25) is 0 Å². The molecule has 0 fully saturated rings. The van der Waals surface area contributed by atoms with E-state index in [1.165, 1.54) is 12.3 Å². The Balaban J connectivity index is 2.47. The Labute approximate surface area is 107 Å². The number of rotatable bonds is 3. The van der Waals surface area contributed by atoms with Crippen molar-refractivity contribution in [3.8, 4) is 11.3 Å². The summed E-state index contributed by atoms with van der Waals surface area (Å²) < 4.78 is 13.6. The molecule has 0 amide bonds. The third kappa shape index (κ3) is 2.58. The van der Waals surface area contributed by atoms with Gasteiger partial charge in [0.15, 0.2) is 5.78 Å². The molecule has 86 valence electrons. The molecular formula is C13H9BrFNO. The van der Waals surface area contributed by atoms with Crippen molar-refractivity contribution in [1.82, 2.24) is 4.98 Å². The molecule has 0 N–H and O–H groups in total. The minimum absolute atomic E-state index is 0.0509. The molecule has 0 saturated carbocycles. The van der Waals surface area contributed by atoms with Crippen LogP contribution in [-0.2, 0) is 0 Å². The van der Waals surface area contributed by atoms with Crippen molar-refractivity contribution in [3.63, 3.8) is 0 Å². The van der Waals surface area contributed by atoms with Crippen LogP contribution in [0.15, 0.2) is 42.6 Å². The Bertz CT molecular complexity index is 557. The molecule has 1 aromatic heterocycles. The lowest BCUT2D eigenvalue weighted by atomic mass is 10.1. The number of pyridine rings is 1. The fourth-order valence-electron chi connectivity index (χ4n) is 1.50. The molecule has 0 radical (unpaired) electrons. The monoisotopic (exact) mass is 293 g/mol. The first-order chi connectivity index (χ1) is 8.22. The van der Waals surface area contributed by atoms with Gasteiger partial charge >= 0.3 is 0 Å². The summed E-state index contributed by atoms with van der Waals surface area (Å²) in [4.78, 5) is 15.6. The van der Waals surface area contributed by atoms with Crippen molar-refractivity contribution in [3.05, 3.63) is 54.0 Å². The highest BCUT2D eigenvalue weighted by Crippen LogP contribution is 2.21. The van der Waals surface area contributed by atoms with Gasteiger partial charge in [0, 0.05) is 17.3 Å². The molecular weight excluding hydrogens is 285 g/mol. The smallest absolute Gasteiger partial charge is 0.173 e. The molecule has 0 aliphatic rings. The lowest BCUT2D eigenvalue weighted by Gasteiger charge is -2.04. The van der Waals surface area contributed by atoms with Gasteiger partial charge in [0.05, 0.1) is 11.0 Å². The number of hydrogen-bond acceptors (Lipinski definition) is 2. The predicted octanol–water partition coefficient (Wildman–Crippen LogP) is 3.47. The van der Waals surface area contributed by atoms with E-state index < -0.39 is 0 Å². The Morgan fingerprint density at radius 1 is 1.29 bits per heavy atom. The molecule has 0 bridgehead atoms. The second kappa shape index (κ2) is 5.19. The van der Waals surface area contributed by atoms with E-state index in [2.05, 4.69) is 20.9 Å². The second-order valence-electron chi connectivity index (χ2n) is 3.47. The maximum absolute atomic E-state index is 13.6. The van der Waals surface area contributed by atoms with E-state index in [-0.39, 0.29) is 16.9 Å². The van der Waals surface area contributed by atoms with Crippen molar-refractivity contribution < 1.29 is 9.18 Å². The molecule has 0 atom stereocenters. The summed E-state index contributed by atoms with van der Waals surface area (Å²) in [5.74, 6) is -0.395. The normalized spacial score (nSPS) is 10.2. The third-order valence-electron chi connectivity index (χ3n) is 2.35. The number of carbonyl (C=O) groups excluding carboxylic acids is 1. The average Bonchev–Trinajstić information content (AvgIpc) is 2.38. The van der Waals surface area contributed by atoms with Crippen LogP contribution in [-0.4, -0.2) is 16.1 Å². The SMILES string of the molecule is O=C(CBr)c1ccnc(-c2ccccc2F)c1. The minimum Gasteiger partial charge on any atom is -0.293 e. The third-order valence-corrected chi connectivity index (χ3v) is 2.86. The quantitative estimate of drug-likeness (QED) is 0.641. The van der Waals surface area contributed by atoms with Gasteiger partial charge in [-0.15, -0.1) is 0 Å². The molecule has 0 aliphatic carbocycles. The van der Waals surface area contributed by atoms with Crippen molar-refractivity contribution in [2.75, 3.05) is 5.33 Å². The molecule has 0 saturated heterocycles. The highest BCUT2D eigenvalue weighted by atomic mass is 79.9. The number of halogens is 2. The standard InChI is InChI=1S/C13H9BrFNO/c14-8-13(17)9-5-6-16-12(7-9)10-3-1-2-4-11(10)15/h1-7H,8H2. The van der Waals surface area contributed by atoms with E-state index in [1.54, 1.807) is 30.3 Å². The Kier molecular flexibility index (Phi) is 3.64. The molecule has 17 heavy (non-hydrogen) atoms. The van der Waals surface area contributed by atoms with Crippen molar-refractivity contribution in [2.24, 2.45) is 0 Å². The molecule has 2 rings (SSSR count). The van der Waals surface area contributed by atoms with Gasteiger partial charge in [-0.1, -0.05) is 28.1 Å². The Morgan fingerprint density at radius 2 is 2.06 bits per heavy atom. The van der Waals surface area contributed by atoms with Gasteiger partial charge in [0.1, 0.15) is 5.82 Å². The predicted molar refractivity (Wildman–Crippen MR) is 67.8 cm³/mol. The van der Waals surface area contributed by atoms with Crippen molar-refractivity contribution in [1.29, 1.82) is 0 Å². The van der Waals surface area contributed by atoms with Gasteiger partial charge in [-0.3, -0.25) is 9.78 Å². The first-order valence-corrected chi connectivity index (χ1v) is 6.14. The lowest BCUT2D eigenvalue weighted by Crippen LogP contribution is -2.00. The van der Waals surface area contributed by atoms with E-state index in [0.717, 1.165) is 0 Å². The average molecular weight is 294 g/mol. The van der Waals surface area contributed by atoms with Crippen molar-refractivity contribution >= 4 is 21.7 Å². The van der Waals surface area contributed by atoms with Crippen molar-refractivity contribution in [2.45, 2.75) is 0 Å². The van der Waals surface area contributed by atoms with Gasteiger partial charge in [0.2, 0.25) is 0 Å². The van der Waals surface area contributed by atoms with Crippen LogP contribution in [0, 0.1) is 5.82 Å². The molecule has 2 nitrogen and oxygen atoms in total. The highest BCUT2D eigenvalue weighted by Gasteiger charge is 2.09. The number of aromatic nitrogens is 1. The molecule has 4 heteroatoms. The van der Waals surface area contributed by atoms with Crippen LogP contribution in [0.5, 0.6) is 0 Å². The zero-order valence-electron chi connectivity index (χ0n) is 8.86. The van der Waals surface area contributed by atoms with E-state index in [4.69, 9.17) is 0 Å². The fraction of sp³-hybridized carbons (Fsp3) is 0.0769. The van der Waals surface area contributed by atoms with Crippen LogP contribution in [0.4, 0.5) is 4.39 Å². The largest absolute Gasteiger partial charge is 0.293 e. The Morgan fingerprint density at radius 3 is 2.76 bits per heavy atom. The second-order valence-corrected chi connectivity index (χ2v) is 4.03. The molecule has 2 aromatic rings. The number of nitrogens with zero attached hydrogens (tertiary/aromatic N) is 1. The van der Waals surface area contributed by atoms with Gasteiger partial charge in [-0.25, -0.2) is 4.39 Å². The number of hydrogen-bond donors (Lipinski definition) is 0. The zero-order chi connectivity index (χ0) is 12.3. The summed E-state index contributed by atoms with van der Waals surface area (Å²) in [7, 11) is 0. The summed E-state index contributed by atoms with van der Waals surface area (Å²) in [5, 5.41) is 0.244. The maximum atomic E-state index is 13.6. The number of carbonyl (C=O) groups is 1. The van der Waals surface area contributed by atoms with Gasteiger partial charge < -0.3 is 0 Å². The number of alkyl halides is 1. The summed E-state index contributed by atoms with van der Waals surface area (Å²) in [5.41, 5.74) is 1.39. The minimum atomic E-state index is -0.344. The number of Topliss-reactive ketones (excluding diaryl/α,β-unsaturated/α-hetero) is 1. The lowest BCUT2D eigenvalue weighted by molar-refractivity contribution is 0.102. The van der Waals surface area contributed by atoms with E-state index >= 15 is 0 Å². The molecule has 0 aliphatic heterocycles. The van der Waals surface area contributed by atoms with E-state index in [9.17, 15) is 9.18 Å². The van der Waals surface area contributed by atoms with E-state index in [0.29, 0.717) is 16.8 Å². The van der Waals surface area contributed by atoms with Crippen LogP contribution in [0.3, 0.4) is 0 Å². The van der Waals surface area contributed by atoms with Gasteiger partial charge in [-0.2, -0.15) is 0 Å². The molecule has 1 aromatic carbocycles. The summed E-state index contributed by atoms with van der Waals surface area (Å²) in [6.45, 7) is 0. The zero-order valence-corrected chi connectivity index (χ0v) is 10.4. The summed E-state index contributed by atoms with van der Waals surface area (Å²) >= 11 is 3.10. The van der Waals surface area contributed by atoms with Crippen LogP contribution in [0.25, 0.3) is 11.3 Å².